The zero-order valence-corrected chi connectivity index (χ0v) is 18.5. The number of rotatable bonds is 6. The van der Waals surface area contributed by atoms with Gasteiger partial charge in [-0.2, -0.15) is 13.2 Å². The van der Waals surface area contributed by atoms with E-state index in [0.717, 1.165) is 10.6 Å². The topological polar surface area (TPSA) is 166 Å². The van der Waals surface area contributed by atoms with E-state index in [9.17, 15) is 32.3 Å². The lowest BCUT2D eigenvalue weighted by Gasteiger charge is -2.15. The summed E-state index contributed by atoms with van der Waals surface area (Å²) in [5.74, 6) is -2.75. The molecule has 0 atom stereocenters. The molecule has 0 aliphatic carbocycles. The van der Waals surface area contributed by atoms with Gasteiger partial charge in [0.2, 0.25) is 5.69 Å². The SMILES string of the molecule is O=C(NCc1ccn(-c2cc3nc(C(=O)O)c(=O)[nH]c3cc2C(F)(F)F)c1)Nc1ccc(C(=O)O)cc1. The van der Waals surface area contributed by atoms with Gasteiger partial charge in [0.15, 0.2) is 0 Å². The van der Waals surface area contributed by atoms with Gasteiger partial charge in [-0.25, -0.2) is 19.4 Å². The van der Waals surface area contributed by atoms with Gasteiger partial charge in [-0.05, 0) is 48.0 Å². The summed E-state index contributed by atoms with van der Waals surface area (Å²) >= 11 is 0. The van der Waals surface area contributed by atoms with Crippen LogP contribution < -0.4 is 16.2 Å². The summed E-state index contributed by atoms with van der Waals surface area (Å²) in [6, 6.07) is 7.93. The van der Waals surface area contributed by atoms with Crippen LogP contribution in [-0.2, 0) is 12.7 Å². The van der Waals surface area contributed by atoms with Gasteiger partial charge in [0.05, 0.1) is 27.8 Å². The van der Waals surface area contributed by atoms with E-state index in [0.29, 0.717) is 17.3 Å². The predicted molar refractivity (Wildman–Crippen MR) is 123 cm³/mol. The number of nitrogens with one attached hydrogen (secondary N) is 3. The molecule has 0 saturated heterocycles. The summed E-state index contributed by atoms with van der Waals surface area (Å²) in [5, 5.41) is 23.0. The molecule has 2 aromatic carbocycles. The Labute approximate surface area is 204 Å². The maximum absolute atomic E-state index is 13.8. The van der Waals surface area contributed by atoms with Crippen molar-refractivity contribution in [2.75, 3.05) is 5.32 Å². The summed E-state index contributed by atoms with van der Waals surface area (Å²) in [6.07, 6.45) is -2.16. The third kappa shape index (κ3) is 5.42. The average Bonchev–Trinajstić information content (AvgIpc) is 3.30. The molecule has 14 heteroatoms. The van der Waals surface area contributed by atoms with Crippen LogP contribution in [0.5, 0.6) is 0 Å². The first kappa shape index (κ1) is 25.0. The fourth-order valence-corrected chi connectivity index (χ4v) is 3.46. The number of urea groups is 1. The molecule has 37 heavy (non-hydrogen) atoms. The molecule has 0 saturated carbocycles. The number of carboxylic acid groups (broad SMARTS) is 2. The summed E-state index contributed by atoms with van der Waals surface area (Å²) in [7, 11) is 0. The van der Waals surface area contributed by atoms with Crippen LogP contribution in [-0.4, -0.2) is 42.7 Å². The lowest BCUT2D eigenvalue weighted by atomic mass is 10.1. The zero-order chi connectivity index (χ0) is 26.9. The van der Waals surface area contributed by atoms with Gasteiger partial charge in [-0.1, -0.05) is 0 Å². The molecular formula is C23H16F3N5O6. The first-order valence-electron chi connectivity index (χ1n) is 10.4. The van der Waals surface area contributed by atoms with Gasteiger partial charge >= 0.3 is 24.1 Å². The van der Waals surface area contributed by atoms with Gasteiger partial charge in [-0.15, -0.1) is 0 Å². The number of carbonyl (C=O) groups is 3. The number of H-pyrrole nitrogens is 1. The second-order valence-electron chi connectivity index (χ2n) is 7.72. The highest BCUT2D eigenvalue weighted by Crippen LogP contribution is 2.36. The van der Waals surface area contributed by atoms with Crippen LogP contribution in [0.4, 0.5) is 23.7 Å². The molecule has 11 nitrogen and oxygen atoms in total. The third-order valence-corrected chi connectivity index (χ3v) is 5.19. The number of nitrogens with zero attached hydrogens (tertiary/aromatic N) is 2. The summed E-state index contributed by atoms with van der Waals surface area (Å²) in [5.41, 5.74) is -3.11. The summed E-state index contributed by atoms with van der Waals surface area (Å²) < 4.78 is 42.5. The van der Waals surface area contributed by atoms with Crippen LogP contribution in [0.2, 0.25) is 0 Å². The molecule has 0 bridgehead atoms. The molecule has 0 fully saturated rings. The van der Waals surface area contributed by atoms with Crippen molar-refractivity contribution in [1.29, 1.82) is 0 Å². The first-order valence-corrected chi connectivity index (χ1v) is 10.4. The van der Waals surface area contributed by atoms with Crippen molar-refractivity contribution in [1.82, 2.24) is 19.9 Å². The van der Waals surface area contributed by atoms with Crippen LogP contribution >= 0.6 is 0 Å². The second kappa shape index (κ2) is 9.49. The maximum atomic E-state index is 13.8. The Bertz CT molecular complexity index is 1590. The first-order chi connectivity index (χ1) is 17.4. The van der Waals surface area contributed by atoms with Crippen LogP contribution in [0.3, 0.4) is 0 Å². The quantitative estimate of drug-likeness (QED) is 0.262. The molecule has 5 N–H and O–H groups in total. The number of anilines is 1. The normalized spacial score (nSPS) is 11.3. The van der Waals surface area contributed by atoms with Gasteiger partial charge in [0.25, 0.3) is 5.56 Å². The van der Waals surface area contributed by atoms with Crippen molar-refractivity contribution in [3.05, 3.63) is 87.6 Å². The Morgan fingerprint density at radius 1 is 1.03 bits per heavy atom. The highest BCUT2D eigenvalue weighted by molar-refractivity contribution is 5.91. The number of fused-ring (bicyclic) bond motifs is 1. The number of aromatic carboxylic acids is 2. The van der Waals surface area contributed by atoms with Crippen molar-refractivity contribution >= 4 is 34.7 Å². The predicted octanol–water partition coefficient (Wildman–Crippen LogP) is 3.45. The van der Waals surface area contributed by atoms with Crippen molar-refractivity contribution in [2.24, 2.45) is 0 Å². The molecule has 2 heterocycles. The molecule has 0 spiro atoms. The standard InChI is InChI=1S/C23H16F3N5O6/c24-23(25,26)14-7-15-16(29-18(21(35)36)19(32)30-15)8-17(14)31-6-5-11(10-31)9-27-22(37)28-13-3-1-12(2-4-13)20(33)34/h1-8,10H,9H2,(H,30,32)(H,33,34)(H,35,36)(H2,27,28,37). The minimum absolute atomic E-state index is 0.0416. The minimum atomic E-state index is -4.81. The molecule has 0 radical (unpaired) electrons. The van der Waals surface area contributed by atoms with E-state index in [1.807, 2.05) is 0 Å². The molecule has 0 aliphatic heterocycles. The van der Waals surface area contributed by atoms with Crippen molar-refractivity contribution in [2.45, 2.75) is 12.7 Å². The van der Waals surface area contributed by atoms with Gasteiger partial charge in [-0.3, -0.25) is 4.79 Å². The Kier molecular flexibility index (Phi) is 6.40. The van der Waals surface area contributed by atoms with Gasteiger partial charge in [0, 0.05) is 24.6 Å². The number of halogens is 3. The molecule has 0 unspecified atom stereocenters. The Hall–Kier alpha value is -5.14. The number of carbonyl (C=O) groups excluding carboxylic acids is 1. The van der Waals surface area contributed by atoms with Crippen molar-refractivity contribution < 1.29 is 37.8 Å². The van der Waals surface area contributed by atoms with Crippen LogP contribution in [0, 0.1) is 0 Å². The van der Waals surface area contributed by atoms with E-state index in [-0.39, 0.29) is 28.8 Å². The monoisotopic (exact) mass is 515 g/mol. The number of aromatic amines is 1. The van der Waals surface area contributed by atoms with Gasteiger partial charge in [0.1, 0.15) is 0 Å². The fourth-order valence-electron chi connectivity index (χ4n) is 3.46. The Balaban J connectivity index is 1.56. The van der Waals surface area contributed by atoms with Crippen LogP contribution in [0.25, 0.3) is 16.7 Å². The lowest BCUT2D eigenvalue weighted by Crippen LogP contribution is -2.28. The zero-order valence-electron chi connectivity index (χ0n) is 18.5. The van der Waals surface area contributed by atoms with Gasteiger partial charge < -0.3 is 30.4 Å². The van der Waals surface area contributed by atoms with E-state index in [2.05, 4.69) is 20.6 Å². The number of amides is 2. The second-order valence-corrected chi connectivity index (χ2v) is 7.72. The van der Waals surface area contributed by atoms with Crippen LogP contribution in [0.1, 0.15) is 32.0 Å². The Morgan fingerprint density at radius 2 is 1.73 bits per heavy atom. The van der Waals surface area contributed by atoms with Crippen LogP contribution in [0.15, 0.2) is 59.7 Å². The summed E-state index contributed by atoms with van der Waals surface area (Å²) in [6.45, 7) is -0.0598. The third-order valence-electron chi connectivity index (χ3n) is 5.19. The van der Waals surface area contributed by atoms with E-state index in [4.69, 9.17) is 10.2 Å². The highest BCUT2D eigenvalue weighted by Gasteiger charge is 2.35. The van der Waals surface area contributed by atoms with Crippen molar-refractivity contribution in [3.8, 4) is 5.69 Å². The molecule has 2 aromatic heterocycles. The van der Waals surface area contributed by atoms with E-state index < -0.39 is 41.0 Å². The lowest BCUT2D eigenvalue weighted by molar-refractivity contribution is -0.137. The fraction of sp³-hybridized carbons (Fsp3) is 0.0870. The molecule has 4 aromatic rings. The summed E-state index contributed by atoms with van der Waals surface area (Å²) in [4.78, 5) is 51.9. The number of aromatic nitrogens is 3. The number of alkyl halides is 3. The number of hydrogen-bond acceptors (Lipinski definition) is 5. The molecule has 4 rings (SSSR count). The smallest absolute Gasteiger partial charge is 0.418 e. The average molecular weight is 515 g/mol. The molecule has 0 aliphatic rings. The van der Waals surface area contributed by atoms with E-state index >= 15 is 0 Å². The molecule has 2 amide bonds. The minimum Gasteiger partial charge on any atom is -0.478 e. The Morgan fingerprint density at radius 3 is 2.35 bits per heavy atom. The van der Waals surface area contributed by atoms with E-state index in [1.54, 1.807) is 0 Å². The largest absolute Gasteiger partial charge is 0.478 e. The molecular weight excluding hydrogens is 499 g/mol. The number of benzene rings is 2. The maximum Gasteiger partial charge on any atom is 0.418 e. The van der Waals surface area contributed by atoms with E-state index in [1.165, 1.54) is 42.7 Å². The molecule has 190 valence electrons. The number of carboxylic acids is 2. The van der Waals surface area contributed by atoms with Crippen molar-refractivity contribution in [3.63, 3.8) is 0 Å². The highest BCUT2D eigenvalue weighted by atomic mass is 19.4. The number of hydrogen-bond donors (Lipinski definition) is 5.